The smallest absolute Gasteiger partial charge is 0.192 e. The van der Waals surface area contributed by atoms with Crippen molar-refractivity contribution in [2.75, 3.05) is 11.9 Å². The minimum Gasteiger partial charge on any atom is -0.441 e. The summed E-state index contributed by atoms with van der Waals surface area (Å²) in [6.07, 6.45) is 1.32. The van der Waals surface area contributed by atoms with Gasteiger partial charge in [0, 0.05) is 19.2 Å². The van der Waals surface area contributed by atoms with E-state index in [2.05, 4.69) is 17.2 Å². The zero-order valence-corrected chi connectivity index (χ0v) is 10.1. The summed E-state index contributed by atoms with van der Waals surface area (Å²) in [7, 11) is 0. The maximum Gasteiger partial charge on any atom is 0.192 e. The van der Waals surface area contributed by atoms with Crippen LogP contribution in [0.1, 0.15) is 19.2 Å². The molecule has 4 nitrogen and oxygen atoms in total. The van der Waals surface area contributed by atoms with E-state index >= 15 is 0 Å². The molecular weight excluding hydrogens is 216 g/mol. The molecule has 0 bridgehead atoms. The fourth-order valence-electron chi connectivity index (χ4n) is 2.27. The van der Waals surface area contributed by atoms with Crippen molar-refractivity contribution in [2.45, 2.75) is 32.4 Å². The van der Waals surface area contributed by atoms with Crippen LogP contribution in [0.5, 0.6) is 0 Å². The lowest BCUT2D eigenvalue weighted by Gasteiger charge is -2.17. The number of nitrogens with one attached hydrogen (secondary N) is 1. The van der Waals surface area contributed by atoms with Gasteiger partial charge in [-0.05, 0) is 31.5 Å². The van der Waals surface area contributed by atoms with Crippen LogP contribution in [0, 0.1) is 6.92 Å². The minimum atomic E-state index is 0.268. The molecule has 2 aromatic rings. The van der Waals surface area contributed by atoms with E-state index in [9.17, 15) is 0 Å². The van der Waals surface area contributed by atoms with Gasteiger partial charge in [-0.15, -0.1) is 0 Å². The van der Waals surface area contributed by atoms with Gasteiger partial charge >= 0.3 is 0 Å². The Bertz CT molecular complexity index is 535. The van der Waals surface area contributed by atoms with Crippen LogP contribution in [-0.2, 0) is 4.74 Å². The summed E-state index contributed by atoms with van der Waals surface area (Å²) in [4.78, 5) is 4.33. The second-order valence-electron chi connectivity index (χ2n) is 4.53. The second kappa shape index (κ2) is 4.04. The van der Waals surface area contributed by atoms with Crippen LogP contribution in [0.15, 0.2) is 22.6 Å². The van der Waals surface area contributed by atoms with Gasteiger partial charge in [0.05, 0.1) is 12.1 Å². The third-order valence-electron chi connectivity index (χ3n) is 3.22. The molecule has 4 heteroatoms. The van der Waals surface area contributed by atoms with Gasteiger partial charge in [-0.3, -0.25) is 0 Å². The monoisotopic (exact) mass is 232 g/mol. The number of benzene rings is 1. The molecule has 0 amide bonds. The molecule has 1 saturated heterocycles. The van der Waals surface area contributed by atoms with Crippen molar-refractivity contribution in [3.05, 3.63) is 24.1 Å². The van der Waals surface area contributed by atoms with E-state index in [-0.39, 0.29) is 6.10 Å². The molecule has 1 fully saturated rings. The summed E-state index contributed by atoms with van der Waals surface area (Å²) in [6.45, 7) is 4.80. The number of aryl methyl sites for hydroxylation is 1. The molecule has 0 radical (unpaired) electrons. The first-order chi connectivity index (χ1) is 8.22. The molecule has 2 atom stereocenters. The van der Waals surface area contributed by atoms with Crippen LogP contribution in [0.2, 0.25) is 0 Å². The number of anilines is 1. The fraction of sp³-hybridized carbons (Fsp3) is 0.462. The van der Waals surface area contributed by atoms with Crippen molar-refractivity contribution in [2.24, 2.45) is 0 Å². The highest BCUT2D eigenvalue weighted by atomic mass is 16.5. The Hall–Kier alpha value is -1.55. The number of hydrogen-bond acceptors (Lipinski definition) is 4. The van der Waals surface area contributed by atoms with Crippen molar-refractivity contribution in [1.82, 2.24) is 4.98 Å². The van der Waals surface area contributed by atoms with Crippen molar-refractivity contribution < 1.29 is 9.15 Å². The van der Waals surface area contributed by atoms with Gasteiger partial charge in [-0.1, -0.05) is 0 Å². The Labute approximate surface area is 100.0 Å². The summed E-state index contributed by atoms with van der Waals surface area (Å²) in [5.41, 5.74) is 2.82. The van der Waals surface area contributed by atoms with E-state index in [4.69, 9.17) is 9.15 Å². The van der Waals surface area contributed by atoms with Gasteiger partial charge in [-0.25, -0.2) is 4.98 Å². The van der Waals surface area contributed by atoms with E-state index < -0.39 is 0 Å². The summed E-state index contributed by atoms with van der Waals surface area (Å²) in [5.74, 6) is 0.703. The quantitative estimate of drug-likeness (QED) is 0.864. The van der Waals surface area contributed by atoms with E-state index in [0.29, 0.717) is 11.9 Å². The largest absolute Gasteiger partial charge is 0.441 e. The number of oxazole rings is 1. The van der Waals surface area contributed by atoms with E-state index in [1.165, 1.54) is 0 Å². The molecule has 2 heterocycles. The highest BCUT2D eigenvalue weighted by Gasteiger charge is 2.23. The summed E-state index contributed by atoms with van der Waals surface area (Å²) in [6, 6.07) is 6.40. The average Bonchev–Trinajstić information content (AvgIpc) is 2.84. The summed E-state index contributed by atoms with van der Waals surface area (Å²) >= 11 is 0. The molecule has 1 N–H and O–H groups in total. The minimum absolute atomic E-state index is 0.268. The molecule has 1 aliphatic rings. The number of nitrogens with zero attached hydrogens (tertiary/aromatic N) is 1. The van der Waals surface area contributed by atoms with Crippen LogP contribution in [0.3, 0.4) is 0 Å². The van der Waals surface area contributed by atoms with E-state index in [1.54, 1.807) is 0 Å². The average molecular weight is 232 g/mol. The van der Waals surface area contributed by atoms with Gasteiger partial charge in [-0.2, -0.15) is 0 Å². The van der Waals surface area contributed by atoms with Crippen LogP contribution < -0.4 is 5.32 Å². The predicted molar refractivity (Wildman–Crippen MR) is 66.2 cm³/mol. The van der Waals surface area contributed by atoms with Gasteiger partial charge in [0.2, 0.25) is 0 Å². The number of rotatable bonds is 2. The Balaban J connectivity index is 1.85. The van der Waals surface area contributed by atoms with Crippen LogP contribution in [0.4, 0.5) is 5.69 Å². The molecule has 17 heavy (non-hydrogen) atoms. The molecule has 2 unspecified atom stereocenters. The molecule has 0 spiro atoms. The molecular formula is C13H16N2O2. The van der Waals surface area contributed by atoms with Crippen molar-refractivity contribution in [3.8, 4) is 0 Å². The molecule has 90 valence electrons. The Morgan fingerprint density at radius 1 is 1.41 bits per heavy atom. The number of ether oxygens (including phenoxy) is 1. The lowest BCUT2D eigenvalue weighted by molar-refractivity contribution is 0.121. The van der Waals surface area contributed by atoms with Crippen LogP contribution >= 0.6 is 0 Å². The van der Waals surface area contributed by atoms with Crippen molar-refractivity contribution >= 4 is 16.8 Å². The maximum atomic E-state index is 5.53. The van der Waals surface area contributed by atoms with E-state index in [0.717, 1.165) is 29.8 Å². The van der Waals surface area contributed by atoms with Gasteiger partial charge in [0.25, 0.3) is 0 Å². The lowest BCUT2D eigenvalue weighted by atomic mass is 10.1. The molecule has 1 aromatic carbocycles. The molecule has 3 rings (SSSR count). The zero-order valence-electron chi connectivity index (χ0n) is 10.1. The normalized spacial score (nSPS) is 24.4. The fourth-order valence-corrected chi connectivity index (χ4v) is 2.27. The van der Waals surface area contributed by atoms with Gasteiger partial charge in [0.1, 0.15) is 5.52 Å². The first kappa shape index (κ1) is 10.6. The Kier molecular flexibility index (Phi) is 2.52. The van der Waals surface area contributed by atoms with Gasteiger partial charge in [0.15, 0.2) is 11.5 Å². The lowest BCUT2D eigenvalue weighted by Crippen LogP contribution is -2.26. The topological polar surface area (TPSA) is 47.3 Å². The maximum absolute atomic E-state index is 5.53. The SMILES string of the molecule is Cc1nc2cc(NC3CCOC3C)ccc2o1. The molecule has 1 aromatic heterocycles. The number of aromatic nitrogens is 1. The van der Waals surface area contributed by atoms with Crippen molar-refractivity contribution in [1.29, 1.82) is 0 Å². The zero-order chi connectivity index (χ0) is 11.8. The summed E-state index contributed by atoms with van der Waals surface area (Å²) < 4.78 is 11.0. The highest BCUT2D eigenvalue weighted by Crippen LogP contribution is 2.23. The number of fused-ring (bicyclic) bond motifs is 1. The molecule has 0 saturated carbocycles. The standard InChI is InChI=1S/C13H16N2O2/c1-8-11(5-6-16-8)15-10-3-4-13-12(7-10)14-9(2)17-13/h3-4,7-8,11,15H,5-6H2,1-2H3. The Morgan fingerprint density at radius 3 is 3.06 bits per heavy atom. The predicted octanol–water partition coefficient (Wildman–Crippen LogP) is 2.73. The third-order valence-corrected chi connectivity index (χ3v) is 3.22. The summed E-state index contributed by atoms with van der Waals surface area (Å²) in [5, 5.41) is 3.49. The van der Waals surface area contributed by atoms with E-state index in [1.807, 2.05) is 25.1 Å². The molecule has 0 aliphatic carbocycles. The third kappa shape index (κ3) is 2.00. The van der Waals surface area contributed by atoms with Crippen molar-refractivity contribution in [3.63, 3.8) is 0 Å². The molecule has 1 aliphatic heterocycles. The first-order valence-corrected chi connectivity index (χ1v) is 5.98. The van der Waals surface area contributed by atoms with Crippen LogP contribution in [0.25, 0.3) is 11.1 Å². The highest BCUT2D eigenvalue weighted by molar-refractivity contribution is 5.77. The second-order valence-corrected chi connectivity index (χ2v) is 4.53. The number of hydrogen-bond donors (Lipinski definition) is 1. The Morgan fingerprint density at radius 2 is 2.29 bits per heavy atom. The van der Waals surface area contributed by atoms with Crippen LogP contribution in [-0.4, -0.2) is 23.7 Å². The van der Waals surface area contributed by atoms with Gasteiger partial charge < -0.3 is 14.5 Å². The first-order valence-electron chi connectivity index (χ1n) is 5.98.